The molecule has 0 aliphatic carbocycles. The van der Waals surface area contributed by atoms with Crippen LogP contribution in [0.2, 0.25) is 5.02 Å². The van der Waals surface area contributed by atoms with Crippen molar-refractivity contribution in [2.24, 2.45) is 7.05 Å². The van der Waals surface area contributed by atoms with E-state index < -0.39 is 0 Å². The average molecular weight is 333 g/mol. The topological polar surface area (TPSA) is 64.7 Å². The summed E-state index contributed by atoms with van der Waals surface area (Å²) in [5.74, 6) is 0.0294. The van der Waals surface area contributed by atoms with Crippen LogP contribution in [-0.4, -0.2) is 25.5 Å². The second-order valence-corrected chi connectivity index (χ2v) is 4.87. The standard InChI is InChI=1S/C10H11BrClN5O/c1-3-17-8(6(11)4-13-17)10(18)14-9-7(12)5-16(2)15-9/h4-5H,3H2,1-2H3,(H,14,15,18). The molecule has 96 valence electrons. The molecule has 2 heterocycles. The van der Waals surface area contributed by atoms with Crippen LogP contribution in [0.1, 0.15) is 17.4 Å². The molecule has 2 rings (SSSR count). The smallest absolute Gasteiger partial charge is 0.276 e. The molecule has 0 radical (unpaired) electrons. The quantitative estimate of drug-likeness (QED) is 0.938. The lowest BCUT2D eigenvalue weighted by Gasteiger charge is -2.05. The summed E-state index contributed by atoms with van der Waals surface area (Å²) in [6, 6.07) is 0. The zero-order valence-corrected chi connectivity index (χ0v) is 12.2. The number of hydrogen-bond acceptors (Lipinski definition) is 3. The molecular weight excluding hydrogens is 322 g/mol. The number of rotatable bonds is 3. The van der Waals surface area contributed by atoms with Crippen molar-refractivity contribution in [3.05, 3.63) is 27.6 Å². The van der Waals surface area contributed by atoms with Gasteiger partial charge in [0.05, 0.1) is 10.7 Å². The molecule has 0 spiro atoms. The Morgan fingerprint density at radius 2 is 2.33 bits per heavy atom. The first-order valence-corrected chi connectivity index (χ1v) is 6.41. The summed E-state index contributed by atoms with van der Waals surface area (Å²) in [5, 5.41) is 11.2. The van der Waals surface area contributed by atoms with Crippen molar-refractivity contribution >= 4 is 39.3 Å². The summed E-state index contributed by atoms with van der Waals surface area (Å²) in [4.78, 5) is 12.1. The molecular formula is C10H11BrClN5O. The van der Waals surface area contributed by atoms with Gasteiger partial charge in [0.25, 0.3) is 5.91 Å². The highest BCUT2D eigenvalue weighted by molar-refractivity contribution is 9.10. The molecule has 18 heavy (non-hydrogen) atoms. The number of aryl methyl sites for hydroxylation is 2. The Labute approximate surface area is 117 Å². The highest BCUT2D eigenvalue weighted by Crippen LogP contribution is 2.21. The zero-order chi connectivity index (χ0) is 13.3. The van der Waals surface area contributed by atoms with Crippen LogP contribution in [0, 0.1) is 0 Å². The number of carbonyl (C=O) groups is 1. The van der Waals surface area contributed by atoms with Gasteiger partial charge < -0.3 is 5.32 Å². The Morgan fingerprint density at radius 1 is 1.61 bits per heavy atom. The third kappa shape index (κ3) is 2.41. The Hall–Kier alpha value is -1.34. The normalized spacial score (nSPS) is 10.7. The Morgan fingerprint density at radius 3 is 2.89 bits per heavy atom. The third-order valence-electron chi connectivity index (χ3n) is 2.33. The van der Waals surface area contributed by atoms with E-state index in [0.717, 1.165) is 0 Å². The fourth-order valence-corrected chi connectivity index (χ4v) is 2.24. The summed E-state index contributed by atoms with van der Waals surface area (Å²) in [6.07, 6.45) is 3.20. The van der Waals surface area contributed by atoms with E-state index in [0.29, 0.717) is 27.6 Å². The van der Waals surface area contributed by atoms with Crippen molar-refractivity contribution in [1.82, 2.24) is 19.6 Å². The lowest BCUT2D eigenvalue weighted by atomic mass is 10.4. The molecule has 0 fully saturated rings. The Kier molecular flexibility index (Phi) is 3.72. The average Bonchev–Trinajstić information content (AvgIpc) is 2.82. The zero-order valence-electron chi connectivity index (χ0n) is 9.81. The second kappa shape index (κ2) is 5.11. The van der Waals surface area contributed by atoms with Gasteiger partial charge in [-0.15, -0.1) is 0 Å². The molecule has 6 nitrogen and oxygen atoms in total. The van der Waals surface area contributed by atoms with Crippen LogP contribution in [0.15, 0.2) is 16.9 Å². The number of amides is 1. The highest BCUT2D eigenvalue weighted by Gasteiger charge is 2.18. The van der Waals surface area contributed by atoms with Gasteiger partial charge in [-0.25, -0.2) is 0 Å². The molecule has 1 amide bonds. The number of hydrogen-bond donors (Lipinski definition) is 1. The van der Waals surface area contributed by atoms with Gasteiger partial charge in [0.15, 0.2) is 5.82 Å². The molecule has 0 unspecified atom stereocenters. The van der Waals surface area contributed by atoms with Crippen molar-refractivity contribution < 1.29 is 4.79 Å². The van der Waals surface area contributed by atoms with Gasteiger partial charge in [-0.2, -0.15) is 10.2 Å². The van der Waals surface area contributed by atoms with Crippen LogP contribution in [0.4, 0.5) is 5.82 Å². The summed E-state index contributed by atoms with van der Waals surface area (Å²) in [5.41, 5.74) is 0.444. The maximum Gasteiger partial charge on any atom is 0.276 e. The first-order chi connectivity index (χ1) is 8.52. The van der Waals surface area contributed by atoms with E-state index in [1.807, 2.05) is 6.92 Å². The lowest BCUT2D eigenvalue weighted by molar-refractivity contribution is 0.101. The molecule has 0 aliphatic rings. The minimum absolute atomic E-state index is 0.304. The van der Waals surface area contributed by atoms with E-state index in [1.54, 1.807) is 24.1 Å². The predicted molar refractivity (Wildman–Crippen MR) is 71.8 cm³/mol. The molecule has 0 saturated carbocycles. The number of halogens is 2. The van der Waals surface area contributed by atoms with E-state index in [1.165, 1.54) is 4.68 Å². The molecule has 8 heteroatoms. The van der Waals surface area contributed by atoms with Crippen LogP contribution in [0.5, 0.6) is 0 Å². The molecule has 1 N–H and O–H groups in total. The van der Waals surface area contributed by atoms with Crippen molar-refractivity contribution in [2.75, 3.05) is 5.32 Å². The minimum atomic E-state index is -0.304. The molecule has 0 saturated heterocycles. The van der Waals surface area contributed by atoms with Crippen molar-refractivity contribution in [2.45, 2.75) is 13.5 Å². The lowest BCUT2D eigenvalue weighted by Crippen LogP contribution is -2.18. The van der Waals surface area contributed by atoms with Crippen molar-refractivity contribution in [1.29, 1.82) is 0 Å². The minimum Gasteiger partial charge on any atom is -0.302 e. The monoisotopic (exact) mass is 331 g/mol. The van der Waals surface area contributed by atoms with Gasteiger partial charge in [0.2, 0.25) is 0 Å². The van der Waals surface area contributed by atoms with Crippen LogP contribution in [0.3, 0.4) is 0 Å². The molecule has 0 aromatic carbocycles. The van der Waals surface area contributed by atoms with E-state index in [4.69, 9.17) is 11.6 Å². The SMILES string of the molecule is CCn1ncc(Br)c1C(=O)Nc1nn(C)cc1Cl. The maximum absolute atomic E-state index is 12.1. The Bertz CT molecular complexity index is 591. The van der Waals surface area contributed by atoms with Crippen molar-refractivity contribution in [3.63, 3.8) is 0 Å². The first kappa shape index (κ1) is 13.1. The van der Waals surface area contributed by atoms with Crippen LogP contribution in [0.25, 0.3) is 0 Å². The van der Waals surface area contributed by atoms with Crippen LogP contribution in [-0.2, 0) is 13.6 Å². The molecule has 0 bridgehead atoms. The van der Waals surface area contributed by atoms with E-state index in [-0.39, 0.29) is 5.91 Å². The number of carbonyl (C=O) groups excluding carboxylic acids is 1. The van der Waals surface area contributed by atoms with Gasteiger partial charge >= 0.3 is 0 Å². The predicted octanol–water partition coefficient (Wildman–Crippen LogP) is 2.30. The fourth-order valence-electron chi connectivity index (χ4n) is 1.54. The summed E-state index contributed by atoms with van der Waals surface area (Å²) in [7, 11) is 1.73. The number of nitrogens with zero attached hydrogens (tertiary/aromatic N) is 4. The third-order valence-corrected chi connectivity index (χ3v) is 3.18. The van der Waals surface area contributed by atoms with E-state index in [9.17, 15) is 4.79 Å². The number of nitrogens with one attached hydrogen (secondary N) is 1. The highest BCUT2D eigenvalue weighted by atomic mass is 79.9. The van der Waals surface area contributed by atoms with Gasteiger partial charge in [0.1, 0.15) is 10.7 Å². The molecule has 2 aromatic heterocycles. The Balaban J connectivity index is 2.27. The van der Waals surface area contributed by atoms with Gasteiger partial charge in [-0.1, -0.05) is 11.6 Å². The van der Waals surface area contributed by atoms with Gasteiger partial charge in [-0.05, 0) is 22.9 Å². The summed E-state index contributed by atoms with van der Waals surface area (Å²) < 4.78 is 3.76. The van der Waals surface area contributed by atoms with Crippen LogP contribution >= 0.6 is 27.5 Å². The summed E-state index contributed by atoms with van der Waals surface area (Å²) in [6.45, 7) is 2.51. The number of anilines is 1. The van der Waals surface area contributed by atoms with Gasteiger partial charge in [0, 0.05) is 19.8 Å². The number of aromatic nitrogens is 4. The second-order valence-electron chi connectivity index (χ2n) is 3.61. The maximum atomic E-state index is 12.1. The van der Waals surface area contributed by atoms with E-state index >= 15 is 0 Å². The molecule has 2 aromatic rings. The van der Waals surface area contributed by atoms with Crippen LogP contribution < -0.4 is 5.32 Å². The summed E-state index contributed by atoms with van der Waals surface area (Å²) >= 11 is 9.22. The first-order valence-electron chi connectivity index (χ1n) is 5.24. The molecule has 0 aliphatic heterocycles. The van der Waals surface area contributed by atoms with Crippen molar-refractivity contribution in [3.8, 4) is 0 Å². The van der Waals surface area contributed by atoms with Gasteiger partial charge in [-0.3, -0.25) is 14.2 Å². The fraction of sp³-hybridized carbons (Fsp3) is 0.300. The van der Waals surface area contributed by atoms with E-state index in [2.05, 4.69) is 31.4 Å². The largest absolute Gasteiger partial charge is 0.302 e. The molecule has 0 atom stereocenters.